The van der Waals surface area contributed by atoms with Gasteiger partial charge in [-0.3, -0.25) is 0 Å². The molecule has 0 saturated carbocycles. The average Bonchev–Trinajstić information content (AvgIpc) is 1.83. The van der Waals surface area contributed by atoms with Crippen LogP contribution >= 0.6 is 0 Å². The van der Waals surface area contributed by atoms with Gasteiger partial charge in [0.2, 0.25) is 0 Å². The minimum absolute atomic E-state index is 0.477. The molecule has 0 aromatic carbocycles. The van der Waals surface area contributed by atoms with E-state index in [2.05, 4.69) is 39.9 Å². The minimum Gasteiger partial charge on any atom is -0.317 e. The lowest BCUT2D eigenvalue weighted by molar-refractivity contribution is 0.364. The fraction of sp³-hybridized carbons (Fsp3) is 1.00. The number of rotatable bonds is 5. The first-order chi connectivity index (χ1) is 5.42. The monoisotopic (exact) mass is 171 g/mol. The first-order valence-corrected chi connectivity index (χ1v) is 5.12. The molecule has 1 nitrogen and oxygen atoms in total. The molecule has 0 bridgehead atoms. The van der Waals surface area contributed by atoms with Crippen LogP contribution in [0.3, 0.4) is 0 Å². The lowest BCUT2D eigenvalue weighted by Gasteiger charge is -2.18. The lowest BCUT2D eigenvalue weighted by atomic mass is 9.92. The van der Waals surface area contributed by atoms with Crippen molar-refractivity contribution >= 4 is 0 Å². The summed E-state index contributed by atoms with van der Waals surface area (Å²) in [5, 5.41) is 3.47. The van der Waals surface area contributed by atoms with Gasteiger partial charge in [-0.05, 0) is 37.3 Å². The van der Waals surface area contributed by atoms with Crippen molar-refractivity contribution in [2.75, 3.05) is 13.1 Å². The van der Waals surface area contributed by atoms with Gasteiger partial charge in [-0.15, -0.1) is 0 Å². The smallest absolute Gasteiger partial charge is 0.00439 e. The van der Waals surface area contributed by atoms with Crippen molar-refractivity contribution in [3.63, 3.8) is 0 Å². The molecule has 0 radical (unpaired) electrons. The summed E-state index contributed by atoms with van der Waals surface area (Å²) in [6.07, 6.45) is 2.56. The molecule has 1 N–H and O–H groups in total. The van der Waals surface area contributed by atoms with E-state index in [1.165, 1.54) is 19.4 Å². The first-order valence-electron chi connectivity index (χ1n) is 5.12. The van der Waals surface area contributed by atoms with Crippen LogP contribution in [0.25, 0.3) is 0 Å². The van der Waals surface area contributed by atoms with Crippen LogP contribution in [0.4, 0.5) is 0 Å². The summed E-state index contributed by atoms with van der Waals surface area (Å²) < 4.78 is 0. The molecule has 0 aliphatic heterocycles. The molecular weight excluding hydrogens is 146 g/mol. The highest BCUT2D eigenvalue weighted by molar-refractivity contribution is 4.63. The summed E-state index contributed by atoms with van der Waals surface area (Å²) in [7, 11) is 0. The second-order valence-electron chi connectivity index (χ2n) is 5.24. The highest BCUT2D eigenvalue weighted by Crippen LogP contribution is 2.16. The molecular formula is C11H25N. The molecule has 0 amide bonds. The molecule has 1 heteroatoms. The Morgan fingerprint density at radius 2 is 1.67 bits per heavy atom. The first kappa shape index (κ1) is 12.0. The Labute approximate surface area is 77.9 Å². The Kier molecular flexibility index (Phi) is 5.56. The Morgan fingerprint density at radius 1 is 1.08 bits per heavy atom. The van der Waals surface area contributed by atoms with Gasteiger partial charge in [-0.2, -0.15) is 0 Å². The van der Waals surface area contributed by atoms with E-state index in [-0.39, 0.29) is 0 Å². The maximum absolute atomic E-state index is 3.47. The average molecular weight is 171 g/mol. The van der Waals surface area contributed by atoms with Crippen molar-refractivity contribution in [2.45, 2.75) is 47.5 Å². The van der Waals surface area contributed by atoms with Gasteiger partial charge < -0.3 is 5.32 Å². The van der Waals surface area contributed by atoms with E-state index >= 15 is 0 Å². The molecule has 0 aromatic rings. The standard InChI is InChI=1S/C11H25N/c1-10(2)6-8-12-9-7-11(3,4)5/h10,12H,6-9H2,1-5H3. The molecule has 0 aliphatic rings. The molecule has 74 valence electrons. The zero-order valence-corrected chi connectivity index (χ0v) is 9.41. The molecule has 0 saturated heterocycles. The second-order valence-corrected chi connectivity index (χ2v) is 5.24. The maximum Gasteiger partial charge on any atom is -0.00439 e. The summed E-state index contributed by atoms with van der Waals surface area (Å²) in [6, 6.07) is 0. The minimum atomic E-state index is 0.477. The summed E-state index contributed by atoms with van der Waals surface area (Å²) in [6.45, 7) is 13.7. The van der Waals surface area contributed by atoms with E-state index in [9.17, 15) is 0 Å². The largest absolute Gasteiger partial charge is 0.317 e. The van der Waals surface area contributed by atoms with Gasteiger partial charge in [-0.1, -0.05) is 34.6 Å². The quantitative estimate of drug-likeness (QED) is 0.627. The van der Waals surface area contributed by atoms with Gasteiger partial charge in [-0.25, -0.2) is 0 Å². The van der Waals surface area contributed by atoms with Crippen LogP contribution in [0.1, 0.15) is 47.5 Å². The van der Waals surface area contributed by atoms with Gasteiger partial charge >= 0.3 is 0 Å². The number of nitrogens with one attached hydrogen (secondary N) is 1. The predicted molar refractivity (Wildman–Crippen MR) is 56.4 cm³/mol. The van der Waals surface area contributed by atoms with Crippen molar-refractivity contribution in [1.29, 1.82) is 0 Å². The zero-order chi connectivity index (χ0) is 9.61. The van der Waals surface area contributed by atoms with Crippen molar-refractivity contribution in [3.8, 4) is 0 Å². The molecule has 12 heavy (non-hydrogen) atoms. The van der Waals surface area contributed by atoms with Gasteiger partial charge in [0.25, 0.3) is 0 Å². The summed E-state index contributed by atoms with van der Waals surface area (Å²) in [5.41, 5.74) is 0.477. The van der Waals surface area contributed by atoms with Crippen LogP contribution in [0.15, 0.2) is 0 Å². The fourth-order valence-corrected chi connectivity index (χ4v) is 0.979. The normalized spacial score (nSPS) is 12.5. The molecule has 0 aliphatic carbocycles. The Bertz CT molecular complexity index is 100. The molecule has 0 rings (SSSR count). The Morgan fingerprint density at radius 3 is 2.08 bits per heavy atom. The topological polar surface area (TPSA) is 12.0 Å². The summed E-state index contributed by atoms with van der Waals surface area (Å²) >= 11 is 0. The molecule has 0 spiro atoms. The van der Waals surface area contributed by atoms with Crippen LogP contribution in [0, 0.1) is 11.3 Å². The molecule has 0 unspecified atom stereocenters. The van der Waals surface area contributed by atoms with E-state index in [1.807, 2.05) is 0 Å². The van der Waals surface area contributed by atoms with Crippen LogP contribution in [0.2, 0.25) is 0 Å². The maximum atomic E-state index is 3.47. The van der Waals surface area contributed by atoms with E-state index in [1.54, 1.807) is 0 Å². The van der Waals surface area contributed by atoms with Gasteiger partial charge in [0.05, 0.1) is 0 Å². The van der Waals surface area contributed by atoms with Crippen molar-refractivity contribution in [3.05, 3.63) is 0 Å². The number of hydrogen-bond acceptors (Lipinski definition) is 1. The van der Waals surface area contributed by atoms with E-state index < -0.39 is 0 Å². The van der Waals surface area contributed by atoms with Crippen molar-refractivity contribution in [1.82, 2.24) is 5.32 Å². The molecule has 0 heterocycles. The molecule has 0 fully saturated rings. The highest BCUT2D eigenvalue weighted by Gasteiger charge is 2.08. The zero-order valence-electron chi connectivity index (χ0n) is 9.41. The SMILES string of the molecule is CC(C)CCNCCC(C)(C)C. The Hall–Kier alpha value is -0.0400. The lowest BCUT2D eigenvalue weighted by Crippen LogP contribution is -2.22. The third-order valence-corrected chi connectivity index (χ3v) is 1.95. The van der Waals surface area contributed by atoms with E-state index in [0.29, 0.717) is 5.41 Å². The van der Waals surface area contributed by atoms with Crippen LogP contribution in [0.5, 0.6) is 0 Å². The van der Waals surface area contributed by atoms with Crippen molar-refractivity contribution < 1.29 is 0 Å². The van der Waals surface area contributed by atoms with Gasteiger partial charge in [0.15, 0.2) is 0 Å². The Balaban J connectivity index is 3.12. The predicted octanol–water partition coefficient (Wildman–Crippen LogP) is 3.06. The van der Waals surface area contributed by atoms with Crippen LogP contribution in [-0.4, -0.2) is 13.1 Å². The highest BCUT2D eigenvalue weighted by atomic mass is 14.8. The molecule has 0 atom stereocenters. The summed E-state index contributed by atoms with van der Waals surface area (Å²) in [5.74, 6) is 0.826. The van der Waals surface area contributed by atoms with E-state index in [4.69, 9.17) is 0 Å². The van der Waals surface area contributed by atoms with Gasteiger partial charge in [0.1, 0.15) is 0 Å². The second kappa shape index (κ2) is 5.58. The summed E-state index contributed by atoms with van der Waals surface area (Å²) in [4.78, 5) is 0. The third kappa shape index (κ3) is 9.96. The van der Waals surface area contributed by atoms with Crippen LogP contribution < -0.4 is 5.32 Å². The van der Waals surface area contributed by atoms with Crippen LogP contribution in [-0.2, 0) is 0 Å². The van der Waals surface area contributed by atoms with E-state index in [0.717, 1.165) is 12.5 Å². The molecule has 0 aromatic heterocycles. The fourth-order valence-electron chi connectivity index (χ4n) is 0.979. The van der Waals surface area contributed by atoms with Gasteiger partial charge in [0, 0.05) is 0 Å². The third-order valence-electron chi connectivity index (χ3n) is 1.95. The number of hydrogen-bond donors (Lipinski definition) is 1. The van der Waals surface area contributed by atoms with Crippen molar-refractivity contribution in [2.24, 2.45) is 11.3 Å².